The van der Waals surface area contributed by atoms with Gasteiger partial charge < -0.3 is 19.4 Å². The van der Waals surface area contributed by atoms with Gasteiger partial charge in [0.05, 0.1) is 5.41 Å². The van der Waals surface area contributed by atoms with Gasteiger partial charge in [-0.05, 0) is 105 Å². The molecule has 1 spiro atoms. The number of ether oxygens (including phenoxy) is 1. The van der Waals surface area contributed by atoms with Crippen molar-refractivity contribution in [3.8, 4) is 5.75 Å². The number of alkyl halides is 3. The van der Waals surface area contributed by atoms with Crippen molar-refractivity contribution in [3.63, 3.8) is 0 Å². The van der Waals surface area contributed by atoms with Gasteiger partial charge in [0.25, 0.3) is 5.91 Å². The summed E-state index contributed by atoms with van der Waals surface area (Å²) >= 11 is 0. The number of anilines is 2. The van der Waals surface area contributed by atoms with Crippen molar-refractivity contribution in [2.24, 2.45) is 23.2 Å². The van der Waals surface area contributed by atoms with Crippen molar-refractivity contribution in [1.29, 1.82) is 0 Å². The summed E-state index contributed by atoms with van der Waals surface area (Å²) in [6, 6.07) is 11.6. The second-order valence-corrected chi connectivity index (χ2v) is 13.6. The second-order valence-electron chi connectivity index (χ2n) is 13.6. The molecule has 9 heteroatoms. The van der Waals surface area contributed by atoms with Crippen LogP contribution in [0, 0.1) is 30.1 Å². The van der Waals surface area contributed by atoms with Crippen molar-refractivity contribution in [3.05, 3.63) is 53.6 Å². The van der Waals surface area contributed by atoms with Gasteiger partial charge in [-0.3, -0.25) is 9.59 Å². The van der Waals surface area contributed by atoms with Crippen LogP contribution in [0.5, 0.6) is 5.75 Å². The molecule has 3 saturated heterocycles. The van der Waals surface area contributed by atoms with Crippen LogP contribution in [0.2, 0.25) is 0 Å². The lowest BCUT2D eigenvalue weighted by atomic mass is 9.77. The van der Waals surface area contributed by atoms with Crippen molar-refractivity contribution in [1.82, 2.24) is 4.90 Å². The first kappa shape index (κ1) is 30.8. The minimum Gasteiger partial charge on any atom is -0.406 e. The molecule has 44 heavy (non-hydrogen) atoms. The molecule has 2 amide bonds. The van der Waals surface area contributed by atoms with Gasteiger partial charge >= 0.3 is 6.36 Å². The first-order valence-electron chi connectivity index (χ1n) is 16.4. The summed E-state index contributed by atoms with van der Waals surface area (Å²) in [5, 5.41) is 0. The van der Waals surface area contributed by atoms with Crippen LogP contribution in [-0.4, -0.2) is 55.8 Å². The topological polar surface area (TPSA) is 53.1 Å². The summed E-state index contributed by atoms with van der Waals surface area (Å²) in [5.41, 5.74) is 3.16. The van der Waals surface area contributed by atoms with Crippen LogP contribution in [0.3, 0.4) is 0 Å². The normalized spacial score (nSPS) is 25.9. The molecule has 4 fully saturated rings. The quantitative estimate of drug-likeness (QED) is 0.327. The van der Waals surface area contributed by atoms with Gasteiger partial charge in [0.2, 0.25) is 5.91 Å². The first-order chi connectivity index (χ1) is 21.0. The third-order valence-corrected chi connectivity index (χ3v) is 10.9. The number of carbonyl (C=O) groups is 2. The Balaban J connectivity index is 1.06. The number of amides is 2. The molecule has 6 rings (SSSR count). The molecule has 4 aliphatic rings. The van der Waals surface area contributed by atoms with Crippen LogP contribution in [-0.2, 0) is 4.79 Å². The van der Waals surface area contributed by atoms with Crippen molar-refractivity contribution in [2.75, 3.05) is 42.5 Å². The van der Waals surface area contributed by atoms with Gasteiger partial charge in [0.1, 0.15) is 5.75 Å². The Hall–Kier alpha value is -3.23. The molecule has 0 radical (unpaired) electrons. The summed E-state index contributed by atoms with van der Waals surface area (Å²) in [7, 11) is 0. The molecular formula is C35H44F3N3O3. The fraction of sp³-hybridized carbons (Fsp3) is 0.600. The number of hydrogen-bond acceptors (Lipinski definition) is 4. The number of aryl methyl sites for hydroxylation is 1. The lowest BCUT2D eigenvalue weighted by Gasteiger charge is -2.38. The van der Waals surface area contributed by atoms with E-state index in [0.29, 0.717) is 38.0 Å². The second kappa shape index (κ2) is 12.3. The van der Waals surface area contributed by atoms with E-state index in [1.54, 1.807) is 4.90 Å². The van der Waals surface area contributed by atoms with E-state index in [4.69, 9.17) is 0 Å². The molecule has 1 saturated carbocycles. The van der Waals surface area contributed by atoms with E-state index in [-0.39, 0.29) is 17.6 Å². The lowest BCUT2D eigenvalue weighted by molar-refractivity contribution is -0.274. The Labute approximate surface area is 258 Å². The van der Waals surface area contributed by atoms with E-state index in [1.165, 1.54) is 56.3 Å². The average Bonchev–Trinajstić information content (AvgIpc) is 3.53. The minimum absolute atomic E-state index is 0.137. The average molecular weight is 612 g/mol. The number of likely N-dealkylation sites (tertiary alicyclic amines) is 1. The zero-order valence-electron chi connectivity index (χ0n) is 25.9. The Morgan fingerprint density at radius 2 is 1.61 bits per heavy atom. The van der Waals surface area contributed by atoms with E-state index < -0.39 is 11.8 Å². The Kier molecular flexibility index (Phi) is 8.59. The zero-order valence-corrected chi connectivity index (χ0v) is 25.9. The van der Waals surface area contributed by atoms with Crippen LogP contribution >= 0.6 is 0 Å². The maximum absolute atomic E-state index is 13.9. The highest BCUT2D eigenvalue weighted by molar-refractivity contribution is 6.01. The fourth-order valence-electron chi connectivity index (χ4n) is 8.37. The van der Waals surface area contributed by atoms with E-state index in [1.807, 2.05) is 4.90 Å². The smallest absolute Gasteiger partial charge is 0.406 e. The number of benzene rings is 2. The zero-order chi connectivity index (χ0) is 31.1. The molecule has 2 aromatic carbocycles. The number of hydrogen-bond donors (Lipinski definition) is 0. The molecule has 0 bridgehead atoms. The Morgan fingerprint density at radius 3 is 2.32 bits per heavy atom. The van der Waals surface area contributed by atoms with Crippen molar-refractivity contribution in [2.45, 2.75) is 78.0 Å². The number of nitrogens with zero attached hydrogens (tertiary/aromatic N) is 3. The molecule has 2 aromatic rings. The summed E-state index contributed by atoms with van der Waals surface area (Å²) in [6.45, 7) is 8.32. The summed E-state index contributed by atoms with van der Waals surface area (Å²) < 4.78 is 41.3. The molecule has 0 aromatic heterocycles. The molecular weight excluding hydrogens is 567 g/mol. The van der Waals surface area contributed by atoms with Gasteiger partial charge in [-0.1, -0.05) is 32.6 Å². The molecule has 3 aliphatic heterocycles. The van der Waals surface area contributed by atoms with Gasteiger partial charge in [-0.2, -0.15) is 0 Å². The highest BCUT2D eigenvalue weighted by Crippen LogP contribution is 2.45. The SMILES string of the molecule is Cc1cc(N2CCC(C3CCCCCC3C)C2)ccc1N1CCC2(CCN(C(=O)c3ccc(OC(F)(F)F)cc3)CC2)C1=O. The van der Waals surface area contributed by atoms with Crippen LogP contribution in [0.25, 0.3) is 0 Å². The van der Waals surface area contributed by atoms with Crippen LogP contribution in [0.1, 0.15) is 80.6 Å². The predicted octanol–water partition coefficient (Wildman–Crippen LogP) is 7.60. The van der Waals surface area contributed by atoms with Crippen molar-refractivity contribution >= 4 is 23.2 Å². The van der Waals surface area contributed by atoms with Crippen LogP contribution < -0.4 is 14.5 Å². The predicted molar refractivity (Wildman–Crippen MR) is 165 cm³/mol. The molecule has 3 unspecified atom stereocenters. The Bertz CT molecular complexity index is 1350. The largest absolute Gasteiger partial charge is 0.573 e. The standard InChI is InChI=1S/C35H44F3N3O3/c1-24-6-4-3-5-7-30(24)27-14-18-40(23-27)28-10-13-31(25(2)22-28)41-21-17-34(33(41)43)15-19-39(20-16-34)32(42)26-8-11-29(12-9-26)44-35(36,37)38/h8-13,22,24,27,30H,3-7,14-21,23H2,1-2H3. The van der Waals surface area contributed by atoms with Gasteiger partial charge in [-0.15, -0.1) is 13.2 Å². The summed E-state index contributed by atoms with van der Waals surface area (Å²) in [6.07, 6.45) is 5.27. The van der Waals surface area contributed by atoms with Gasteiger partial charge in [0.15, 0.2) is 0 Å². The van der Waals surface area contributed by atoms with Crippen molar-refractivity contribution < 1.29 is 27.5 Å². The van der Waals surface area contributed by atoms with E-state index in [9.17, 15) is 22.8 Å². The maximum Gasteiger partial charge on any atom is 0.573 e. The summed E-state index contributed by atoms with van der Waals surface area (Å²) in [4.78, 5) is 33.1. The van der Waals surface area contributed by atoms with E-state index in [2.05, 4.69) is 41.7 Å². The number of piperidine rings is 1. The van der Waals surface area contributed by atoms with Gasteiger partial charge in [0, 0.05) is 49.7 Å². The lowest BCUT2D eigenvalue weighted by Crippen LogP contribution is -2.46. The maximum atomic E-state index is 13.9. The molecule has 0 N–H and O–H groups in total. The number of carbonyl (C=O) groups excluding carboxylic acids is 2. The molecule has 3 atom stereocenters. The molecule has 3 heterocycles. The summed E-state index contributed by atoms with van der Waals surface area (Å²) in [5.74, 6) is 1.95. The number of rotatable bonds is 5. The third kappa shape index (κ3) is 6.29. The van der Waals surface area contributed by atoms with Crippen LogP contribution in [0.4, 0.5) is 24.5 Å². The molecule has 6 nitrogen and oxygen atoms in total. The first-order valence-corrected chi connectivity index (χ1v) is 16.4. The Morgan fingerprint density at radius 1 is 0.909 bits per heavy atom. The molecule has 238 valence electrons. The highest BCUT2D eigenvalue weighted by Gasteiger charge is 2.49. The van der Waals surface area contributed by atoms with E-state index in [0.717, 1.165) is 60.6 Å². The fourth-order valence-corrected chi connectivity index (χ4v) is 8.37. The minimum atomic E-state index is -4.78. The monoisotopic (exact) mass is 611 g/mol. The third-order valence-electron chi connectivity index (χ3n) is 10.9. The van der Waals surface area contributed by atoms with Crippen LogP contribution in [0.15, 0.2) is 42.5 Å². The number of halogens is 3. The van der Waals surface area contributed by atoms with Gasteiger partial charge in [-0.25, -0.2) is 0 Å². The van der Waals surface area contributed by atoms with E-state index >= 15 is 0 Å². The molecule has 1 aliphatic carbocycles. The highest BCUT2D eigenvalue weighted by atomic mass is 19.4.